The van der Waals surface area contributed by atoms with Crippen molar-refractivity contribution in [3.05, 3.63) is 35.7 Å². The van der Waals surface area contributed by atoms with Gasteiger partial charge in [-0.2, -0.15) is 0 Å². The van der Waals surface area contributed by atoms with E-state index < -0.39 is 17.4 Å². The Morgan fingerprint density at radius 3 is 2.65 bits per heavy atom. The second-order valence-electron chi connectivity index (χ2n) is 3.46. The van der Waals surface area contributed by atoms with Crippen molar-refractivity contribution in [1.82, 2.24) is 9.88 Å². The number of pyridine rings is 1. The molecule has 0 radical (unpaired) electrons. The second-order valence-corrected chi connectivity index (χ2v) is 3.46. The number of ketones is 1. The summed E-state index contributed by atoms with van der Waals surface area (Å²) in [7, 11) is 4.36. The zero-order valence-corrected chi connectivity index (χ0v) is 9.70. The van der Waals surface area contributed by atoms with E-state index in [0.29, 0.717) is 0 Å². The molecule has 4 nitrogen and oxygen atoms in total. The van der Waals surface area contributed by atoms with Crippen molar-refractivity contribution >= 4 is 5.78 Å². The predicted octanol–water partition coefficient (Wildman–Crippen LogP) is 1.78. The molecule has 1 rings (SSSR count). The van der Waals surface area contributed by atoms with E-state index >= 15 is 0 Å². The Kier molecular flexibility index (Phi) is 4.14. The number of halogens is 2. The third kappa shape index (κ3) is 3.24. The minimum absolute atomic E-state index is 0.209. The second kappa shape index (κ2) is 5.38. The topological polar surface area (TPSA) is 42.4 Å². The Morgan fingerprint density at radius 2 is 2.12 bits per heavy atom. The summed E-state index contributed by atoms with van der Waals surface area (Å²) in [6.07, 6.45) is 1.01. The van der Waals surface area contributed by atoms with Crippen LogP contribution in [0.3, 0.4) is 0 Å². The van der Waals surface area contributed by atoms with Crippen LogP contribution in [0.4, 0.5) is 8.78 Å². The molecule has 1 aromatic heterocycles. The van der Waals surface area contributed by atoms with Gasteiger partial charge in [-0.15, -0.1) is 0 Å². The Morgan fingerprint density at radius 1 is 1.47 bits per heavy atom. The van der Waals surface area contributed by atoms with Crippen molar-refractivity contribution in [3.63, 3.8) is 0 Å². The summed E-state index contributed by atoms with van der Waals surface area (Å²) in [4.78, 5) is 16.5. The maximum atomic E-state index is 13.4. The SMILES string of the molecule is COc1nc(C(=O)C(F)=CN(C)C)ccc1F. The maximum absolute atomic E-state index is 13.4. The van der Waals surface area contributed by atoms with Gasteiger partial charge in [0.1, 0.15) is 5.69 Å². The zero-order chi connectivity index (χ0) is 13.0. The molecule has 17 heavy (non-hydrogen) atoms. The molecule has 0 N–H and O–H groups in total. The molecule has 0 spiro atoms. The van der Waals surface area contributed by atoms with Gasteiger partial charge in [0, 0.05) is 20.3 Å². The van der Waals surface area contributed by atoms with Gasteiger partial charge in [-0.05, 0) is 12.1 Å². The van der Waals surface area contributed by atoms with Crippen molar-refractivity contribution in [2.45, 2.75) is 0 Å². The van der Waals surface area contributed by atoms with E-state index in [1.54, 1.807) is 14.1 Å². The summed E-state index contributed by atoms with van der Waals surface area (Å²) in [5.41, 5.74) is -0.209. The van der Waals surface area contributed by atoms with Crippen LogP contribution in [0.25, 0.3) is 0 Å². The summed E-state index contributed by atoms with van der Waals surface area (Å²) in [5.74, 6) is -2.94. The van der Waals surface area contributed by atoms with Gasteiger partial charge < -0.3 is 9.64 Å². The minimum atomic E-state index is -0.976. The maximum Gasteiger partial charge on any atom is 0.250 e. The third-order valence-electron chi connectivity index (χ3n) is 1.83. The minimum Gasteiger partial charge on any atom is -0.479 e. The van der Waals surface area contributed by atoms with Crippen LogP contribution in [0, 0.1) is 5.82 Å². The Hall–Kier alpha value is -1.98. The van der Waals surface area contributed by atoms with Gasteiger partial charge in [-0.25, -0.2) is 13.8 Å². The molecule has 0 aliphatic carbocycles. The van der Waals surface area contributed by atoms with E-state index in [-0.39, 0.29) is 11.6 Å². The third-order valence-corrected chi connectivity index (χ3v) is 1.83. The summed E-state index contributed by atoms with van der Waals surface area (Å²) < 4.78 is 31.0. The predicted molar refractivity (Wildman–Crippen MR) is 58.0 cm³/mol. The van der Waals surface area contributed by atoms with Crippen molar-refractivity contribution in [2.75, 3.05) is 21.2 Å². The number of nitrogens with zero attached hydrogens (tertiary/aromatic N) is 2. The molecule has 92 valence electrons. The van der Waals surface area contributed by atoms with Crippen molar-refractivity contribution in [3.8, 4) is 5.88 Å². The summed E-state index contributed by atoms with van der Waals surface area (Å²) >= 11 is 0. The quantitative estimate of drug-likeness (QED) is 0.596. The zero-order valence-electron chi connectivity index (χ0n) is 9.70. The first-order valence-electron chi connectivity index (χ1n) is 4.74. The van der Waals surface area contributed by atoms with Gasteiger partial charge in [0.25, 0.3) is 5.88 Å². The van der Waals surface area contributed by atoms with E-state index in [9.17, 15) is 13.6 Å². The van der Waals surface area contributed by atoms with Gasteiger partial charge in [-0.3, -0.25) is 4.79 Å². The number of Topliss-reactive ketones (excluding diaryl/α,β-unsaturated/α-hetero) is 1. The van der Waals surface area contributed by atoms with E-state index in [0.717, 1.165) is 18.3 Å². The van der Waals surface area contributed by atoms with E-state index in [1.807, 2.05) is 0 Å². The van der Waals surface area contributed by atoms with Gasteiger partial charge in [0.15, 0.2) is 11.6 Å². The monoisotopic (exact) mass is 242 g/mol. The van der Waals surface area contributed by atoms with Crippen molar-refractivity contribution < 1.29 is 18.3 Å². The molecule has 0 aliphatic rings. The molecule has 0 amide bonds. The molecule has 0 atom stereocenters. The van der Waals surface area contributed by atoms with Crippen LogP contribution in [0.5, 0.6) is 5.88 Å². The van der Waals surface area contributed by atoms with Crippen LogP contribution < -0.4 is 4.74 Å². The van der Waals surface area contributed by atoms with Crippen LogP contribution in [-0.2, 0) is 0 Å². The molecule has 6 heteroatoms. The summed E-state index contributed by atoms with van der Waals surface area (Å²) in [6.45, 7) is 0. The first-order valence-corrected chi connectivity index (χ1v) is 4.74. The number of hydrogen-bond donors (Lipinski definition) is 0. The highest BCUT2D eigenvalue weighted by atomic mass is 19.1. The fraction of sp³-hybridized carbons (Fsp3) is 0.273. The molecule has 0 fully saturated rings. The number of methoxy groups -OCH3 is 1. The molecule has 0 bridgehead atoms. The van der Waals surface area contributed by atoms with Crippen LogP contribution in [0.2, 0.25) is 0 Å². The highest BCUT2D eigenvalue weighted by Gasteiger charge is 2.16. The average molecular weight is 242 g/mol. The highest BCUT2D eigenvalue weighted by Crippen LogP contribution is 2.16. The first kappa shape index (κ1) is 13.1. The number of carbonyl (C=O) groups excluding carboxylic acids is 1. The lowest BCUT2D eigenvalue weighted by molar-refractivity contribution is 0.0996. The standard InChI is InChI=1S/C11H12F2N2O2/c1-15(2)6-8(13)10(16)9-5-4-7(12)11(14-9)17-3/h4-6H,1-3H3. The van der Waals surface area contributed by atoms with Crippen molar-refractivity contribution in [2.24, 2.45) is 0 Å². The molecule has 0 aromatic carbocycles. The lowest BCUT2D eigenvalue weighted by Gasteiger charge is -2.06. The molecule has 0 saturated heterocycles. The Balaban J connectivity index is 3.05. The Labute approximate surface area is 97.5 Å². The fourth-order valence-electron chi connectivity index (χ4n) is 1.10. The number of hydrogen-bond acceptors (Lipinski definition) is 4. The Bertz CT molecular complexity index is 459. The average Bonchev–Trinajstić information content (AvgIpc) is 2.27. The van der Waals surface area contributed by atoms with Crippen LogP contribution >= 0.6 is 0 Å². The van der Waals surface area contributed by atoms with E-state index in [1.165, 1.54) is 12.0 Å². The molecule has 0 aliphatic heterocycles. The number of carbonyl (C=O) groups is 1. The number of aromatic nitrogens is 1. The van der Waals surface area contributed by atoms with Gasteiger partial charge >= 0.3 is 0 Å². The number of rotatable bonds is 4. The van der Waals surface area contributed by atoms with Gasteiger partial charge in [0.05, 0.1) is 7.11 Å². The lowest BCUT2D eigenvalue weighted by atomic mass is 10.2. The summed E-state index contributed by atoms with van der Waals surface area (Å²) in [5, 5.41) is 0. The number of ether oxygens (including phenoxy) is 1. The summed E-state index contributed by atoms with van der Waals surface area (Å²) in [6, 6.07) is 2.10. The lowest BCUT2D eigenvalue weighted by Crippen LogP contribution is -2.09. The van der Waals surface area contributed by atoms with Gasteiger partial charge in [0.2, 0.25) is 5.78 Å². The van der Waals surface area contributed by atoms with E-state index in [2.05, 4.69) is 9.72 Å². The highest BCUT2D eigenvalue weighted by molar-refractivity contribution is 6.05. The molecule has 0 saturated carbocycles. The van der Waals surface area contributed by atoms with Gasteiger partial charge in [-0.1, -0.05) is 0 Å². The molecule has 1 heterocycles. The normalized spacial score (nSPS) is 11.2. The number of allylic oxidation sites excluding steroid dienone is 1. The smallest absolute Gasteiger partial charge is 0.250 e. The molecular weight excluding hydrogens is 230 g/mol. The fourth-order valence-corrected chi connectivity index (χ4v) is 1.10. The largest absolute Gasteiger partial charge is 0.479 e. The van der Waals surface area contributed by atoms with Crippen LogP contribution in [0.15, 0.2) is 24.2 Å². The molecule has 1 aromatic rings. The van der Waals surface area contributed by atoms with Crippen molar-refractivity contribution in [1.29, 1.82) is 0 Å². The van der Waals surface area contributed by atoms with E-state index in [4.69, 9.17) is 0 Å². The van der Waals surface area contributed by atoms with Crippen LogP contribution in [-0.4, -0.2) is 36.9 Å². The molecule has 0 unspecified atom stereocenters. The first-order chi connectivity index (χ1) is 7.95. The van der Waals surface area contributed by atoms with Crippen LogP contribution in [0.1, 0.15) is 10.5 Å². The molecular formula is C11H12F2N2O2.